The fraction of sp³-hybridized carbons (Fsp3) is 0.571. The fourth-order valence-corrected chi connectivity index (χ4v) is 1.85. The largest absolute Gasteiger partial charge is 0.314 e. The number of halogens is 2. The lowest BCUT2D eigenvalue weighted by molar-refractivity contribution is 0.246. The van der Waals surface area contributed by atoms with Crippen LogP contribution in [0.2, 0.25) is 0 Å². The fourth-order valence-electron chi connectivity index (χ4n) is 1.85. The molecule has 0 radical (unpaired) electrons. The quantitative estimate of drug-likeness (QED) is 0.841. The van der Waals surface area contributed by atoms with Gasteiger partial charge in [-0.05, 0) is 52.1 Å². The molecule has 0 aromatic heterocycles. The summed E-state index contributed by atoms with van der Waals surface area (Å²) < 4.78 is 25.8. The zero-order valence-electron chi connectivity index (χ0n) is 11.6. The van der Waals surface area contributed by atoms with Gasteiger partial charge in [0.1, 0.15) is 0 Å². The second-order valence-electron chi connectivity index (χ2n) is 5.37. The summed E-state index contributed by atoms with van der Waals surface area (Å²) in [4.78, 5) is 2.18. The molecule has 0 bridgehead atoms. The van der Waals surface area contributed by atoms with Crippen LogP contribution in [0.25, 0.3) is 0 Å². The number of rotatable bonds is 6. The van der Waals surface area contributed by atoms with Crippen molar-refractivity contribution < 1.29 is 8.78 Å². The van der Waals surface area contributed by atoms with Crippen LogP contribution >= 0.6 is 0 Å². The minimum absolute atomic E-state index is 0.0444. The summed E-state index contributed by atoms with van der Waals surface area (Å²) in [6.45, 7) is 5.96. The van der Waals surface area contributed by atoms with E-state index in [2.05, 4.69) is 24.1 Å². The Labute approximate surface area is 108 Å². The van der Waals surface area contributed by atoms with E-state index in [4.69, 9.17) is 0 Å². The summed E-state index contributed by atoms with van der Waals surface area (Å²) >= 11 is 0. The highest BCUT2D eigenvalue weighted by Crippen LogP contribution is 2.10. The molecule has 1 aromatic carbocycles. The maximum Gasteiger partial charge on any atom is 0.159 e. The first-order valence-electron chi connectivity index (χ1n) is 6.15. The lowest BCUT2D eigenvalue weighted by atomic mass is 10.1. The number of hydrogen-bond donors (Lipinski definition) is 1. The Balaban J connectivity index is 2.47. The van der Waals surface area contributed by atoms with E-state index < -0.39 is 11.6 Å². The minimum Gasteiger partial charge on any atom is -0.314 e. The monoisotopic (exact) mass is 256 g/mol. The third-order valence-corrected chi connectivity index (χ3v) is 3.11. The normalized spacial score (nSPS) is 12.2. The molecule has 0 unspecified atom stereocenters. The molecule has 0 saturated carbocycles. The van der Waals surface area contributed by atoms with Crippen molar-refractivity contribution in [3.05, 3.63) is 35.4 Å². The number of hydrogen-bond acceptors (Lipinski definition) is 2. The Kier molecular flexibility index (Phi) is 5.23. The van der Waals surface area contributed by atoms with Crippen LogP contribution < -0.4 is 5.32 Å². The van der Waals surface area contributed by atoms with Gasteiger partial charge in [0.25, 0.3) is 0 Å². The first-order chi connectivity index (χ1) is 8.34. The van der Waals surface area contributed by atoms with E-state index in [1.165, 1.54) is 12.1 Å². The standard InChI is InChI=1S/C14H22F2N2/c1-14(2,17-3)10-18(4)8-7-11-5-6-12(15)13(16)9-11/h5-6,9,17H,7-8,10H2,1-4H3. The van der Waals surface area contributed by atoms with E-state index in [1.54, 1.807) is 6.07 Å². The number of likely N-dealkylation sites (N-methyl/N-ethyl adjacent to an activating group) is 2. The molecule has 1 rings (SSSR count). The molecule has 0 aliphatic heterocycles. The molecule has 4 heteroatoms. The van der Waals surface area contributed by atoms with Crippen molar-refractivity contribution in [1.29, 1.82) is 0 Å². The molecule has 18 heavy (non-hydrogen) atoms. The van der Waals surface area contributed by atoms with E-state index >= 15 is 0 Å². The first-order valence-corrected chi connectivity index (χ1v) is 6.15. The highest BCUT2D eigenvalue weighted by Gasteiger charge is 2.16. The van der Waals surface area contributed by atoms with Gasteiger partial charge in [-0.2, -0.15) is 0 Å². The van der Waals surface area contributed by atoms with E-state index in [0.29, 0.717) is 6.42 Å². The molecule has 0 atom stereocenters. The van der Waals surface area contributed by atoms with Crippen LogP contribution in [-0.2, 0) is 6.42 Å². The SMILES string of the molecule is CNC(C)(C)CN(C)CCc1ccc(F)c(F)c1. The topological polar surface area (TPSA) is 15.3 Å². The zero-order chi connectivity index (χ0) is 13.8. The van der Waals surface area contributed by atoms with Crippen LogP contribution in [0.4, 0.5) is 8.78 Å². The van der Waals surface area contributed by atoms with E-state index in [1.807, 2.05) is 14.1 Å². The first kappa shape index (κ1) is 15.1. The van der Waals surface area contributed by atoms with Crippen LogP contribution in [0.3, 0.4) is 0 Å². The number of nitrogens with one attached hydrogen (secondary N) is 1. The summed E-state index contributed by atoms with van der Waals surface area (Å²) in [5.74, 6) is -1.56. The van der Waals surface area contributed by atoms with E-state index in [-0.39, 0.29) is 5.54 Å². The summed E-state index contributed by atoms with van der Waals surface area (Å²) in [5.41, 5.74) is 0.867. The van der Waals surface area contributed by atoms with Crippen molar-refractivity contribution in [3.63, 3.8) is 0 Å². The lowest BCUT2D eigenvalue weighted by Gasteiger charge is -2.30. The van der Waals surface area contributed by atoms with Crippen molar-refractivity contribution in [2.45, 2.75) is 25.8 Å². The molecule has 0 saturated heterocycles. The summed E-state index contributed by atoms with van der Waals surface area (Å²) in [7, 11) is 3.96. The molecule has 2 nitrogen and oxygen atoms in total. The highest BCUT2D eigenvalue weighted by atomic mass is 19.2. The average Bonchev–Trinajstić information content (AvgIpc) is 2.30. The van der Waals surface area contributed by atoms with Crippen LogP contribution in [0.1, 0.15) is 19.4 Å². The predicted octanol–water partition coefficient (Wildman–Crippen LogP) is 2.44. The number of benzene rings is 1. The molecular weight excluding hydrogens is 234 g/mol. The minimum atomic E-state index is -0.788. The second kappa shape index (κ2) is 6.25. The Hall–Kier alpha value is -1.00. The molecule has 0 heterocycles. The van der Waals surface area contributed by atoms with Crippen molar-refractivity contribution in [2.24, 2.45) is 0 Å². The van der Waals surface area contributed by atoms with Crippen molar-refractivity contribution >= 4 is 0 Å². The van der Waals surface area contributed by atoms with Gasteiger partial charge in [-0.25, -0.2) is 8.78 Å². The van der Waals surface area contributed by atoms with Gasteiger partial charge in [0.05, 0.1) is 0 Å². The lowest BCUT2D eigenvalue weighted by Crippen LogP contribution is -2.46. The molecule has 0 amide bonds. The van der Waals surface area contributed by atoms with Crippen LogP contribution in [0.5, 0.6) is 0 Å². The van der Waals surface area contributed by atoms with Gasteiger partial charge < -0.3 is 10.2 Å². The third-order valence-electron chi connectivity index (χ3n) is 3.11. The van der Waals surface area contributed by atoms with Gasteiger partial charge >= 0.3 is 0 Å². The molecular formula is C14H22F2N2. The van der Waals surface area contributed by atoms with E-state index in [9.17, 15) is 8.78 Å². The Bertz CT molecular complexity index is 391. The number of nitrogens with zero attached hydrogens (tertiary/aromatic N) is 1. The molecule has 102 valence electrons. The van der Waals surface area contributed by atoms with Gasteiger partial charge in [-0.1, -0.05) is 6.07 Å². The Morgan fingerprint density at radius 2 is 1.89 bits per heavy atom. The van der Waals surface area contributed by atoms with Gasteiger partial charge in [0.2, 0.25) is 0 Å². The van der Waals surface area contributed by atoms with Crippen molar-refractivity contribution in [1.82, 2.24) is 10.2 Å². The van der Waals surface area contributed by atoms with Gasteiger partial charge in [0, 0.05) is 18.6 Å². The molecule has 1 N–H and O–H groups in total. The molecule has 1 aromatic rings. The summed E-state index contributed by atoms with van der Waals surface area (Å²) in [5, 5.41) is 3.24. The summed E-state index contributed by atoms with van der Waals surface area (Å²) in [6.07, 6.45) is 0.716. The maximum atomic E-state index is 13.0. The van der Waals surface area contributed by atoms with Crippen LogP contribution in [0.15, 0.2) is 18.2 Å². The van der Waals surface area contributed by atoms with Crippen LogP contribution in [-0.4, -0.2) is 37.6 Å². The summed E-state index contributed by atoms with van der Waals surface area (Å²) in [6, 6.07) is 4.09. The smallest absolute Gasteiger partial charge is 0.159 e. The highest BCUT2D eigenvalue weighted by molar-refractivity contribution is 5.18. The van der Waals surface area contributed by atoms with Gasteiger partial charge in [0.15, 0.2) is 11.6 Å². The zero-order valence-corrected chi connectivity index (χ0v) is 11.6. The second-order valence-corrected chi connectivity index (χ2v) is 5.37. The van der Waals surface area contributed by atoms with Crippen LogP contribution in [0, 0.1) is 11.6 Å². The Morgan fingerprint density at radius 1 is 1.22 bits per heavy atom. The van der Waals surface area contributed by atoms with E-state index in [0.717, 1.165) is 18.7 Å². The average molecular weight is 256 g/mol. The molecule has 0 fully saturated rings. The maximum absolute atomic E-state index is 13.0. The van der Waals surface area contributed by atoms with Gasteiger partial charge in [-0.3, -0.25) is 0 Å². The molecule has 0 spiro atoms. The van der Waals surface area contributed by atoms with Crippen molar-refractivity contribution in [2.75, 3.05) is 27.2 Å². The third kappa shape index (κ3) is 4.70. The molecule has 0 aliphatic rings. The molecule has 0 aliphatic carbocycles. The van der Waals surface area contributed by atoms with Crippen molar-refractivity contribution in [3.8, 4) is 0 Å². The van der Waals surface area contributed by atoms with Gasteiger partial charge in [-0.15, -0.1) is 0 Å². The Morgan fingerprint density at radius 3 is 2.44 bits per heavy atom. The predicted molar refractivity (Wildman–Crippen MR) is 70.7 cm³/mol.